The molecule has 16 heteroatoms. The van der Waals surface area contributed by atoms with Crippen LogP contribution >= 0.6 is 0 Å². The molecule has 0 amide bonds. The molecule has 0 aromatic heterocycles. The quantitative estimate of drug-likeness (QED) is 0.142. The van der Waals surface area contributed by atoms with Crippen LogP contribution in [-0.2, 0) is 20.2 Å². The van der Waals surface area contributed by atoms with Gasteiger partial charge in [-0.1, -0.05) is 53.4 Å². The lowest BCUT2D eigenvalue weighted by Gasteiger charge is -1.97. The summed E-state index contributed by atoms with van der Waals surface area (Å²) in [6.07, 6.45) is 8.06. The summed E-state index contributed by atoms with van der Waals surface area (Å²) in [7, 11) is -11.7. The van der Waals surface area contributed by atoms with Gasteiger partial charge in [-0.15, -0.1) is 0 Å². The summed E-state index contributed by atoms with van der Waals surface area (Å²) in [5, 5.41) is 6.57. The van der Waals surface area contributed by atoms with E-state index in [1.165, 1.54) is 51.6 Å². The van der Waals surface area contributed by atoms with E-state index in [4.69, 9.17) is 25.9 Å². The predicted octanol–water partition coefficient (Wildman–Crippen LogP) is 4.36. The second kappa shape index (κ2) is 20.9. The van der Waals surface area contributed by atoms with Crippen LogP contribution in [0.5, 0.6) is 0 Å². The van der Waals surface area contributed by atoms with E-state index in [2.05, 4.69) is 38.3 Å². The maximum Gasteiger partial charge on any atom is 0.522 e. The van der Waals surface area contributed by atoms with E-state index in [9.17, 15) is 26.3 Å². The van der Waals surface area contributed by atoms with Crippen molar-refractivity contribution in [1.82, 2.24) is 10.6 Å². The molecule has 200 valence electrons. The molecule has 0 radical (unpaired) electrons. The van der Waals surface area contributed by atoms with Gasteiger partial charge in [-0.25, -0.2) is 0 Å². The smallest absolute Gasteiger partial charge is 0.317 e. The summed E-state index contributed by atoms with van der Waals surface area (Å²) in [4.78, 5) is 0. The second-order valence-corrected chi connectivity index (χ2v) is 8.79. The van der Waals surface area contributed by atoms with E-state index in [0.29, 0.717) is 0 Å². The van der Waals surface area contributed by atoms with Crippen LogP contribution in [0.15, 0.2) is 0 Å². The summed E-state index contributed by atoms with van der Waals surface area (Å²) >= 11 is 0. The van der Waals surface area contributed by atoms with Crippen molar-refractivity contribution in [2.24, 2.45) is 0 Å². The van der Waals surface area contributed by atoms with E-state index in [-0.39, 0.29) is 0 Å². The number of halogens is 6. The van der Waals surface area contributed by atoms with Crippen LogP contribution in [-0.4, -0.2) is 63.1 Å². The molecule has 4 N–H and O–H groups in total. The van der Waals surface area contributed by atoms with Gasteiger partial charge in [-0.2, -0.15) is 43.2 Å². The fourth-order valence-corrected chi connectivity index (χ4v) is 1.35. The topological polar surface area (TPSA) is 133 Å². The van der Waals surface area contributed by atoms with E-state index < -0.39 is 31.3 Å². The van der Waals surface area contributed by atoms with Crippen molar-refractivity contribution in [2.75, 3.05) is 26.2 Å². The number of alkyl halides is 6. The number of hydrogen-bond donors (Lipinski definition) is 4. The molecule has 0 spiro atoms. The Morgan fingerprint density at radius 1 is 0.594 bits per heavy atom. The van der Waals surface area contributed by atoms with Crippen LogP contribution in [0.3, 0.4) is 0 Å². The Morgan fingerprint density at radius 3 is 0.938 bits per heavy atom. The molecule has 0 aliphatic heterocycles. The average molecular weight is 531 g/mol. The van der Waals surface area contributed by atoms with Gasteiger partial charge in [0, 0.05) is 0 Å². The van der Waals surface area contributed by atoms with Crippen LogP contribution in [0, 0.1) is 0 Å². The number of rotatable bonds is 10. The summed E-state index contributed by atoms with van der Waals surface area (Å²) in [5.41, 5.74) is -11.1. The maximum atomic E-state index is 10.7. The maximum absolute atomic E-state index is 10.7. The molecule has 32 heavy (non-hydrogen) atoms. The Kier molecular flexibility index (Phi) is 25.2. The molecular weight excluding hydrogens is 494 g/mol. The van der Waals surface area contributed by atoms with Gasteiger partial charge in [0.15, 0.2) is 0 Å². The third kappa shape index (κ3) is 31.5. The molecular formula is C16H36F6N2O6S2. The molecule has 0 saturated heterocycles. The van der Waals surface area contributed by atoms with Crippen LogP contribution in [0.4, 0.5) is 26.3 Å². The van der Waals surface area contributed by atoms with Gasteiger partial charge in [-0.05, 0) is 39.0 Å². The summed E-state index contributed by atoms with van der Waals surface area (Å²) in [6, 6.07) is 0. The minimum Gasteiger partial charge on any atom is -0.317 e. The lowest BCUT2D eigenvalue weighted by Crippen LogP contribution is -2.21. The number of unbranched alkanes of at least 4 members (excludes halogenated alkanes) is 4. The summed E-state index contributed by atoms with van der Waals surface area (Å²) in [5.74, 6) is 0. The van der Waals surface area contributed by atoms with Crippen LogP contribution in [0.2, 0.25) is 0 Å². The molecule has 0 fully saturated rings. The highest BCUT2D eigenvalue weighted by molar-refractivity contribution is 7.86. The zero-order valence-electron chi connectivity index (χ0n) is 18.7. The van der Waals surface area contributed by atoms with Crippen molar-refractivity contribution in [3.63, 3.8) is 0 Å². The third-order valence-electron chi connectivity index (χ3n) is 3.00. The minimum atomic E-state index is -5.84. The summed E-state index contributed by atoms with van der Waals surface area (Å²) < 4.78 is 115. The Morgan fingerprint density at radius 2 is 0.812 bits per heavy atom. The van der Waals surface area contributed by atoms with Crippen molar-refractivity contribution < 1.29 is 52.3 Å². The SMILES string of the molecule is CCCCCNCC.CCCCCNCC.O=S(=O)(O)C(F)(F)F.O=S(=O)(O)C(F)(F)F. The van der Waals surface area contributed by atoms with Crippen molar-refractivity contribution in [3.8, 4) is 0 Å². The van der Waals surface area contributed by atoms with Crippen molar-refractivity contribution in [1.29, 1.82) is 0 Å². The Balaban J connectivity index is -0.000000163. The molecule has 0 saturated carbocycles. The zero-order valence-corrected chi connectivity index (χ0v) is 20.3. The number of nitrogens with one attached hydrogen (secondary N) is 2. The molecule has 0 aromatic rings. The zero-order chi connectivity index (χ0) is 26.5. The molecule has 8 nitrogen and oxygen atoms in total. The third-order valence-corrected chi connectivity index (χ3v) is 4.17. The average Bonchev–Trinajstić information content (AvgIpc) is 2.61. The molecule has 0 unspecified atom stereocenters. The molecule has 0 rings (SSSR count). The van der Waals surface area contributed by atoms with Gasteiger partial charge in [0.05, 0.1) is 0 Å². The van der Waals surface area contributed by atoms with Gasteiger partial charge < -0.3 is 10.6 Å². The lowest BCUT2D eigenvalue weighted by molar-refractivity contribution is -0.0514. The largest absolute Gasteiger partial charge is 0.522 e. The monoisotopic (exact) mass is 530 g/mol. The standard InChI is InChI=1S/2C7H17N.2CHF3O3S/c2*1-3-5-6-7-8-4-2;2*2-1(3,4)8(5,6)7/h2*8H,3-7H2,1-2H3;2*(H,5,6,7). The Bertz CT molecular complexity index is 545. The normalized spacial score (nSPS) is 11.9. The molecule has 0 aromatic carbocycles. The molecule has 0 aliphatic carbocycles. The first kappa shape index (κ1) is 38.6. The first-order valence-electron chi connectivity index (χ1n) is 9.82. The Labute approximate surface area is 187 Å². The van der Waals surface area contributed by atoms with Gasteiger partial charge in [0.2, 0.25) is 0 Å². The fourth-order valence-electron chi connectivity index (χ4n) is 1.35. The van der Waals surface area contributed by atoms with Gasteiger partial charge in [-0.3, -0.25) is 9.11 Å². The first-order valence-corrected chi connectivity index (χ1v) is 12.7. The van der Waals surface area contributed by atoms with Gasteiger partial charge in [0.25, 0.3) is 0 Å². The van der Waals surface area contributed by atoms with Crippen LogP contribution < -0.4 is 10.6 Å². The highest BCUT2D eigenvalue weighted by atomic mass is 32.2. The minimum absolute atomic E-state index is 1.11. The van der Waals surface area contributed by atoms with Crippen molar-refractivity contribution >= 4 is 20.2 Å². The van der Waals surface area contributed by atoms with E-state index in [1.54, 1.807) is 0 Å². The van der Waals surface area contributed by atoms with E-state index in [0.717, 1.165) is 13.1 Å². The first-order chi connectivity index (χ1) is 14.3. The van der Waals surface area contributed by atoms with Crippen molar-refractivity contribution in [3.05, 3.63) is 0 Å². The van der Waals surface area contributed by atoms with Crippen molar-refractivity contribution in [2.45, 2.75) is 77.2 Å². The van der Waals surface area contributed by atoms with E-state index in [1.807, 2.05) is 0 Å². The molecule has 0 heterocycles. The van der Waals surface area contributed by atoms with Gasteiger partial charge in [0.1, 0.15) is 0 Å². The second-order valence-electron chi connectivity index (χ2n) is 5.96. The Hall–Kier alpha value is -0.680. The number of hydrogen-bond acceptors (Lipinski definition) is 6. The van der Waals surface area contributed by atoms with Crippen LogP contribution in [0.1, 0.15) is 66.2 Å². The highest BCUT2D eigenvalue weighted by Gasteiger charge is 2.45. The lowest BCUT2D eigenvalue weighted by atomic mass is 10.2. The molecule has 0 aliphatic rings. The predicted molar refractivity (Wildman–Crippen MR) is 111 cm³/mol. The molecule has 0 atom stereocenters. The highest BCUT2D eigenvalue weighted by Crippen LogP contribution is 2.21. The van der Waals surface area contributed by atoms with E-state index >= 15 is 0 Å². The fraction of sp³-hybridized carbons (Fsp3) is 1.00. The molecule has 0 bridgehead atoms. The summed E-state index contributed by atoms with van der Waals surface area (Å²) in [6.45, 7) is 13.4. The van der Waals surface area contributed by atoms with Crippen LogP contribution in [0.25, 0.3) is 0 Å². The van der Waals surface area contributed by atoms with Gasteiger partial charge >= 0.3 is 31.3 Å².